The van der Waals surface area contributed by atoms with Crippen molar-refractivity contribution >= 4 is 47.2 Å². The van der Waals surface area contributed by atoms with Crippen molar-refractivity contribution in [3.05, 3.63) is 70.3 Å². The van der Waals surface area contributed by atoms with Crippen molar-refractivity contribution < 1.29 is 23.8 Å². The lowest BCUT2D eigenvalue weighted by atomic mass is 10.2. The van der Waals surface area contributed by atoms with Gasteiger partial charge in [0.25, 0.3) is 0 Å². The van der Waals surface area contributed by atoms with Crippen LogP contribution in [0.5, 0.6) is 11.5 Å². The van der Waals surface area contributed by atoms with Crippen molar-refractivity contribution in [2.45, 2.75) is 28.6 Å². The molecule has 0 saturated carbocycles. The van der Waals surface area contributed by atoms with Gasteiger partial charge in [-0.2, -0.15) is 0 Å². The van der Waals surface area contributed by atoms with Gasteiger partial charge in [-0.1, -0.05) is 23.4 Å². The minimum Gasteiger partial charge on any atom is -0.497 e. The van der Waals surface area contributed by atoms with E-state index in [1.165, 1.54) is 17.8 Å². The Hall–Kier alpha value is -3.34. The van der Waals surface area contributed by atoms with E-state index in [0.717, 1.165) is 22.2 Å². The number of furan rings is 1. The summed E-state index contributed by atoms with van der Waals surface area (Å²) >= 11 is 8.35. The zero-order chi connectivity index (χ0) is 25.7. The van der Waals surface area contributed by atoms with Gasteiger partial charge in [-0.25, -0.2) is 4.79 Å². The Morgan fingerprint density at radius 3 is 2.39 bits per heavy atom. The fourth-order valence-electron chi connectivity index (χ4n) is 3.25. The summed E-state index contributed by atoms with van der Waals surface area (Å²) in [7, 11) is 3.14. The number of hydrogen-bond donors (Lipinski definition) is 1. The molecule has 0 aliphatic rings. The number of carboxylic acids is 1. The van der Waals surface area contributed by atoms with Crippen molar-refractivity contribution in [3.63, 3.8) is 0 Å². The van der Waals surface area contributed by atoms with Crippen molar-refractivity contribution in [3.8, 4) is 22.9 Å². The molecule has 2 aromatic heterocycles. The van der Waals surface area contributed by atoms with Crippen LogP contribution in [0.25, 0.3) is 17.5 Å². The number of aliphatic carboxylic acids is 1. The van der Waals surface area contributed by atoms with E-state index in [2.05, 4.69) is 10.2 Å². The van der Waals surface area contributed by atoms with Gasteiger partial charge in [0.2, 0.25) is 0 Å². The number of methoxy groups -OCH3 is 2. The Morgan fingerprint density at radius 1 is 1.08 bits per heavy atom. The van der Waals surface area contributed by atoms with Gasteiger partial charge < -0.3 is 23.6 Å². The minimum absolute atomic E-state index is 0.0456. The maximum Gasteiger partial charge on any atom is 0.342 e. The molecule has 0 spiro atoms. The van der Waals surface area contributed by atoms with Gasteiger partial charge in [0.15, 0.2) is 16.1 Å². The number of hydrogen-bond acceptors (Lipinski definition) is 8. The molecule has 8 nitrogen and oxygen atoms in total. The molecule has 0 saturated heterocycles. The summed E-state index contributed by atoms with van der Waals surface area (Å²) in [6.07, 6.45) is 1.47. The molecule has 1 N–H and O–H groups in total. The van der Waals surface area contributed by atoms with Crippen LogP contribution in [0.2, 0.25) is 5.02 Å². The van der Waals surface area contributed by atoms with Crippen LogP contribution in [0.15, 0.2) is 79.1 Å². The molecule has 186 valence electrons. The molecule has 0 unspecified atom stereocenters. The predicted molar refractivity (Wildman–Crippen MR) is 140 cm³/mol. The van der Waals surface area contributed by atoms with Crippen LogP contribution in [0.4, 0.5) is 0 Å². The van der Waals surface area contributed by atoms with Gasteiger partial charge in [0.1, 0.15) is 22.2 Å². The molecular weight excluding hydrogens is 522 g/mol. The van der Waals surface area contributed by atoms with Gasteiger partial charge in [0, 0.05) is 34.2 Å². The number of ether oxygens (including phenoxy) is 2. The topological polar surface area (TPSA) is 99.6 Å². The van der Waals surface area contributed by atoms with Crippen molar-refractivity contribution in [1.82, 2.24) is 14.8 Å². The maximum atomic E-state index is 12.0. The molecule has 0 fully saturated rings. The summed E-state index contributed by atoms with van der Waals surface area (Å²) in [5, 5.41) is 20.1. The number of nitrogens with zero attached hydrogens (tertiary/aromatic N) is 3. The Kier molecular flexibility index (Phi) is 8.29. The van der Waals surface area contributed by atoms with Gasteiger partial charge in [-0.15, -0.1) is 10.2 Å². The van der Waals surface area contributed by atoms with Crippen molar-refractivity contribution in [2.24, 2.45) is 0 Å². The number of carbonyl (C=O) groups is 1. The van der Waals surface area contributed by atoms with Crippen LogP contribution in [0.1, 0.15) is 12.7 Å². The van der Waals surface area contributed by atoms with Gasteiger partial charge >= 0.3 is 5.97 Å². The largest absolute Gasteiger partial charge is 0.497 e. The highest BCUT2D eigenvalue weighted by Crippen LogP contribution is 2.35. The van der Waals surface area contributed by atoms with Gasteiger partial charge in [0.05, 0.1) is 14.2 Å². The monoisotopic (exact) mass is 543 g/mol. The van der Waals surface area contributed by atoms with E-state index in [1.54, 1.807) is 44.6 Å². The Morgan fingerprint density at radius 2 is 1.78 bits per heavy atom. The molecule has 2 heterocycles. The Labute approximate surface area is 221 Å². The van der Waals surface area contributed by atoms with E-state index in [1.807, 2.05) is 35.8 Å². The maximum absolute atomic E-state index is 12.0. The second kappa shape index (κ2) is 11.6. The molecule has 0 radical (unpaired) electrons. The first-order valence-corrected chi connectivity index (χ1v) is 12.7. The zero-order valence-electron chi connectivity index (χ0n) is 19.6. The molecule has 4 aromatic rings. The Bertz CT molecular complexity index is 1380. The van der Waals surface area contributed by atoms with E-state index < -0.39 is 5.97 Å². The molecule has 36 heavy (non-hydrogen) atoms. The summed E-state index contributed by atoms with van der Waals surface area (Å²) < 4.78 is 18.4. The first-order chi connectivity index (χ1) is 17.4. The van der Waals surface area contributed by atoms with E-state index >= 15 is 0 Å². The molecule has 0 amide bonds. The minimum atomic E-state index is -1.10. The van der Waals surface area contributed by atoms with Crippen LogP contribution in [0, 0.1) is 0 Å². The van der Waals surface area contributed by atoms with Crippen LogP contribution >= 0.6 is 35.1 Å². The summed E-state index contributed by atoms with van der Waals surface area (Å²) in [6.45, 7) is 2.46. The molecule has 0 atom stereocenters. The zero-order valence-corrected chi connectivity index (χ0v) is 22.0. The quantitative estimate of drug-likeness (QED) is 0.175. The number of benzene rings is 2. The van der Waals surface area contributed by atoms with E-state index in [9.17, 15) is 9.90 Å². The van der Waals surface area contributed by atoms with E-state index in [0.29, 0.717) is 44.9 Å². The summed E-state index contributed by atoms with van der Waals surface area (Å²) in [6, 6.07) is 16.3. The Balaban J connectivity index is 1.59. The first kappa shape index (κ1) is 25.7. The highest BCUT2D eigenvalue weighted by molar-refractivity contribution is 8.04. The van der Waals surface area contributed by atoms with E-state index in [-0.39, 0.29) is 4.91 Å². The second-order valence-corrected chi connectivity index (χ2v) is 9.80. The average Bonchev–Trinajstić information content (AvgIpc) is 3.50. The number of aromatic nitrogens is 3. The molecule has 4 rings (SSSR count). The average molecular weight is 544 g/mol. The number of carboxylic acid groups (broad SMARTS) is 1. The first-order valence-electron chi connectivity index (χ1n) is 10.7. The second-order valence-electron chi connectivity index (χ2n) is 7.28. The third-order valence-electron chi connectivity index (χ3n) is 4.96. The van der Waals surface area contributed by atoms with Gasteiger partial charge in [-0.05, 0) is 67.2 Å². The molecule has 2 aromatic carbocycles. The molecule has 11 heteroatoms. The van der Waals surface area contributed by atoms with Crippen molar-refractivity contribution in [1.29, 1.82) is 0 Å². The fraction of sp³-hybridized carbons (Fsp3) is 0.160. The standard InChI is InChI=1S/C25H22ClN3O5S2/c1-4-29-23(15-11-18(32-2)13-19(12-15)33-3)27-28-25(29)36-21(24(30)31)14-17-7-10-22(34-17)35-20-8-5-16(26)6-9-20/h5-14H,4H2,1-3H3,(H,30,31)/b21-14-. The normalized spacial score (nSPS) is 11.5. The summed E-state index contributed by atoms with van der Waals surface area (Å²) in [5.41, 5.74) is 0.739. The summed E-state index contributed by atoms with van der Waals surface area (Å²) in [5.74, 6) is 1.11. The third kappa shape index (κ3) is 6.07. The smallest absolute Gasteiger partial charge is 0.342 e. The SMILES string of the molecule is CCn1c(S/C(=C\c2ccc(Sc3ccc(Cl)cc3)o2)C(=O)O)nnc1-c1cc(OC)cc(OC)c1. The van der Waals surface area contributed by atoms with E-state index in [4.69, 9.17) is 25.5 Å². The number of rotatable bonds is 10. The third-order valence-corrected chi connectivity index (χ3v) is 7.14. The fourth-order valence-corrected chi connectivity index (χ4v) is 5.02. The van der Waals surface area contributed by atoms with Crippen LogP contribution in [0.3, 0.4) is 0 Å². The van der Waals surface area contributed by atoms with Crippen LogP contribution < -0.4 is 9.47 Å². The highest BCUT2D eigenvalue weighted by atomic mass is 35.5. The molecule has 0 bridgehead atoms. The lowest BCUT2D eigenvalue weighted by Crippen LogP contribution is -2.03. The predicted octanol–water partition coefficient (Wildman–Crippen LogP) is 6.60. The van der Waals surface area contributed by atoms with Crippen molar-refractivity contribution in [2.75, 3.05) is 14.2 Å². The van der Waals surface area contributed by atoms with Gasteiger partial charge in [-0.3, -0.25) is 0 Å². The lowest BCUT2D eigenvalue weighted by Gasteiger charge is -2.10. The number of thioether (sulfide) groups is 1. The number of halogens is 1. The molecular formula is C25H22ClN3O5S2. The highest BCUT2D eigenvalue weighted by Gasteiger charge is 2.20. The molecule has 0 aliphatic heterocycles. The lowest BCUT2D eigenvalue weighted by molar-refractivity contribution is -0.131. The van der Waals surface area contributed by atoms with Crippen LogP contribution in [-0.4, -0.2) is 40.1 Å². The summed E-state index contributed by atoms with van der Waals surface area (Å²) in [4.78, 5) is 13.0. The van der Waals surface area contributed by atoms with Crippen LogP contribution in [-0.2, 0) is 11.3 Å². The molecule has 0 aliphatic carbocycles.